The summed E-state index contributed by atoms with van der Waals surface area (Å²) < 4.78 is 0. The van der Waals surface area contributed by atoms with Crippen LogP contribution in [0.25, 0.3) is 0 Å². The molecule has 0 aromatic rings. The van der Waals surface area contributed by atoms with E-state index >= 15 is 0 Å². The van der Waals surface area contributed by atoms with Crippen molar-refractivity contribution in [3.8, 4) is 0 Å². The first-order valence-electron chi connectivity index (χ1n) is 7.01. The fourth-order valence-electron chi connectivity index (χ4n) is 2.32. The molecule has 0 aliphatic heterocycles. The normalized spacial score (nSPS) is 18.6. The van der Waals surface area contributed by atoms with E-state index in [0.29, 0.717) is 5.54 Å². The van der Waals surface area contributed by atoms with Crippen LogP contribution in [0.5, 0.6) is 0 Å². The van der Waals surface area contributed by atoms with E-state index in [0.717, 1.165) is 6.04 Å². The van der Waals surface area contributed by atoms with Crippen molar-refractivity contribution >= 4 is 0 Å². The van der Waals surface area contributed by atoms with Crippen LogP contribution in [0.4, 0.5) is 0 Å². The molecule has 0 spiro atoms. The van der Waals surface area contributed by atoms with Gasteiger partial charge in [0.05, 0.1) is 0 Å². The van der Waals surface area contributed by atoms with Gasteiger partial charge in [0.2, 0.25) is 0 Å². The molecule has 0 atom stereocenters. The van der Waals surface area contributed by atoms with Crippen LogP contribution in [0, 0.1) is 0 Å². The molecule has 1 fully saturated rings. The molecule has 1 N–H and O–H groups in total. The van der Waals surface area contributed by atoms with Crippen molar-refractivity contribution in [1.82, 2.24) is 10.2 Å². The largest absolute Gasteiger partial charge is 0.314 e. The van der Waals surface area contributed by atoms with E-state index in [4.69, 9.17) is 0 Å². The molecule has 0 amide bonds. The lowest BCUT2D eigenvalue weighted by atomic mass is 10.00. The SMILES string of the molecule is CCC(C)(C)N(C)CCCNC1CCCC1. The standard InChI is InChI=1S/C14H30N2/c1-5-14(2,3)16(4)12-8-11-15-13-9-6-7-10-13/h13,15H,5-12H2,1-4H3. The van der Waals surface area contributed by atoms with Gasteiger partial charge in [0.25, 0.3) is 0 Å². The summed E-state index contributed by atoms with van der Waals surface area (Å²) in [7, 11) is 2.25. The van der Waals surface area contributed by atoms with Gasteiger partial charge >= 0.3 is 0 Å². The Balaban J connectivity index is 2.05. The summed E-state index contributed by atoms with van der Waals surface area (Å²) in [4.78, 5) is 2.49. The van der Waals surface area contributed by atoms with Gasteiger partial charge in [0.1, 0.15) is 0 Å². The van der Waals surface area contributed by atoms with Crippen molar-refractivity contribution in [2.45, 2.75) is 70.9 Å². The lowest BCUT2D eigenvalue weighted by molar-refractivity contribution is 0.149. The van der Waals surface area contributed by atoms with Crippen LogP contribution in [-0.2, 0) is 0 Å². The summed E-state index contributed by atoms with van der Waals surface area (Å²) in [5, 5.41) is 3.68. The zero-order valence-electron chi connectivity index (χ0n) is 11.7. The molecule has 0 unspecified atom stereocenters. The van der Waals surface area contributed by atoms with Crippen molar-refractivity contribution in [3.63, 3.8) is 0 Å². The van der Waals surface area contributed by atoms with Crippen molar-refractivity contribution in [1.29, 1.82) is 0 Å². The van der Waals surface area contributed by atoms with Crippen molar-refractivity contribution < 1.29 is 0 Å². The summed E-state index contributed by atoms with van der Waals surface area (Å²) in [5.41, 5.74) is 0.355. The second-order valence-electron chi connectivity index (χ2n) is 5.88. The Bertz CT molecular complexity index is 183. The third-order valence-electron chi connectivity index (χ3n) is 4.36. The highest BCUT2D eigenvalue weighted by molar-refractivity contribution is 4.78. The predicted molar refractivity (Wildman–Crippen MR) is 71.9 cm³/mol. The first-order valence-corrected chi connectivity index (χ1v) is 7.01. The molecule has 0 radical (unpaired) electrons. The average molecular weight is 226 g/mol. The Hall–Kier alpha value is -0.0800. The predicted octanol–water partition coefficient (Wildman–Crippen LogP) is 3.03. The Morgan fingerprint density at radius 3 is 2.44 bits per heavy atom. The monoisotopic (exact) mass is 226 g/mol. The Morgan fingerprint density at radius 1 is 1.25 bits per heavy atom. The Labute approximate surface area is 102 Å². The molecule has 0 aromatic heterocycles. The molecule has 0 saturated heterocycles. The first kappa shape index (κ1) is 14.0. The summed E-state index contributed by atoms with van der Waals surface area (Å²) in [6.07, 6.45) is 8.16. The lowest BCUT2D eigenvalue weighted by Crippen LogP contribution is -2.42. The number of nitrogens with zero attached hydrogens (tertiary/aromatic N) is 1. The summed E-state index contributed by atoms with van der Waals surface area (Å²) >= 11 is 0. The highest BCUT2D eigenvalue weighted by Gasteiger charge is 2.20. The van der Waals surface area contributed by atoms with E-state index in [9.17, 15) is 0 Å². The van der Waals surface area contributed by atoms with Gasteiger partial charge in [-0.2, -0.15) is 0 Å². The molecule has 0 aromatic carbocycles. The van der Waals surface area contributed by atoms with E-state index in [1.54, 1.807) is 0 Å². The molecule has 1 saturated carbocycles. The molecule has 1 aliphatic carbocycles. The molecular formula is C14H30N2. The average Bonchev–Trinajstić information content (AvgIpc) is 2.76. The molecule has 16 heavy (non-hydrogen) atoms. The lowest BCUT2D eigenvalue weighted by Gasteiger charge is -2.34. The summed E-state index contributed by atoms with van der Waals surface area (Å²) in [6.45, 7) is 9.33. The van der Waals surface area contributed by atoms with E-state index in [1.165, 1.54) is 51.6 Å². The third-order valence-corrected chi connectivity index (χ3v) is 4.36. The van der Waals surface area contributed by atoms with Gasteiger partial charge in [-0.15, -0.1) is 0 Å². The Morgan fingerprint density at radius 2 is 1.88 bits per heavy atom. The fourth-order valence-corrected chi connectivity index (χ4v) is 2.32. The second kappa shape index (κ2) is 6.61. The van der Waals surface area contributed by atoms with E-state index < -0.39 is 0 Å². The van der Waals surface area contributed by atoms with Crippen molar-refractivity contribution in [3.05, 3.63) is 0 Å². The number of hydrogen-bond donors (Lipinski definition) is 1. The minimum Gasteiger partial charge on any atom is -0.314 e. The number of rotatable bonds is 7. The van der Waals surface area contributed by atoms with Crippen LogP contribution in [0.1, 0.15) is 59.3 Å². The summed E-state index contributed by atoms with van der Waals surface area (Å²) in [5.74, 6) is 0. The van der Waals surface area contributed by atoms with Crippen LogP contribution in [-0.4, -0.2) is 36.6 Å². The molecule has 1 rings (SSSR count). The number of hydrogen-bond acceptors (Lipinski definition) is 2. The smallest absolute Gasteiger partial charge is 0.0147 e. The molecule has 2 nitrogen and oxygen atoms in total. The van der Waals surface area contributed by atoms with Crippen LogP contribution in [0.3, 0.4) is 0 Å². The third kappa shape index (κ3) is 4.42. The van der Waals surface area contributed by atoms with Crippen LogP contribution < -0.4 is 5.32 Å². The summed E-state index contributed by atoms with van der Waals surface area (Å²) in [6, 6.07) is 0.824. The topological polar surface area (TPSA) is 15.3 Å². The molecule has 1 aliphatic rings. The van der Waals surface area contributed by atoms with Gasteiger partial charge in [-0.05, 0) is 59.7 Å². The maximum absolute atomic E-state index is 3.68. The van der Waals surface area contributed by atoms with Crippen LogP contribution in [0.15, 0.2) is 0 Å². The van der Waals surface area contributed by atoms with Crippen molar-refractivity contribution in [2.24, 2.45) is 0 Å². The van der Waals surface area contributed by atoms with E-state index in [2.05, 4.69) is 38.0 Å². The van der Waals surface area contributed by atoms with Gasteiger partial charge in [-0.3, -0.25) is 0 Å². The van der Waals surface area contributed by atoms with Crippen LogP contribution in [0.2, 0.25) is 0 Å². The molecule has 2 heteroatoms. The minimum absolute atomic E-state index is 0.355. The first-order chi connectivity index (χ1) is 7.56. The maximum atomic E-state index is 3.68. The molecular weight excluding hydrogens is 196 g/mol. The van der Waals surface area contributed by atoms with Gasteiger partial charge in [0, 0.05) is 11.6 Å². The van der Waals surface area contributed by atoms with E-state index in [1.807, 2.05) is 0 Å². The van der Waals surface area contributed by atoms with Gasteiger partial charge in [-0.25, -0.2) is 0 Å². The highest BCUT2D eigenvalue weighted by atomic mass is 15.2. The van der Waals surface area contributed by atoms with Crippen molar-refractivity contribution in [2.75, 3.05) is 20.1 Å². The fraction of sp³-hybridized carbons (Fsp3) is 1.00. The van der Waals surface area contributed by atoms with Gasteiger partial charge in [-0.1, -0.05) is 19.8 Å². The maximum Gasteiger partial charge on any atom is 0.0147 e. The Kier molecular flexibility index (Phi) is 5.77. The molecule has 0 heterocycles. The van der Waals surface area contributed by atoms with Gasteiger partial charge < -0.3 is 10.2 Å². The quantitative estimate of drug-likeness (QED) is 0.671. The zero-order valence-corrected chi connectivity index (χ0v) is 11.7. The molecule has 0 bridgehead atoms. The van der Waals surface area contributed by atoms with Crippen LogP contribution >= 0.6 is 0 Å². The molecule has 96 valence electrons. The highest BCUT2D eigenvalue weighted by Crippen LogP contribution is 2.18. The zero-order chi connectivity index (χ0) is 12.0. The van der Waals surface area contributed by atoms with E-state index in [-0.39, 0.29) is 0 Å². The minimum atomic E-state index is 0.355. The number of nitrogens with one attached hydrogen (secondary N) is 1. The second-order valence-corrected chi connectivity index (χ2v) is 5.88. The van der Waals surface area contributed by atoms with Gasteiger partial charge in [0.15, 0.2) is 0 Å².